The highest BCUT2D eigenvalue weighted by atomic mass is 16.4. The van der Waals surface area contributed by atoms with Gasteiger partial charge in [-0.3, -0.25) is 19.3 Å². The largest absolute Gasteiger partial charge is 0.480 e. The predicted molar refractivity (Wildman–Crippen MR) is 117 cm³/mol. The number of piperazine rings is 1. The number of hydrogen-bond donors (Lipinski definition) is 3. The molecule has 8 nitrogen and oxygen atoms in total. The topological polar surface area (TPSA) is 106 Å². The molecule has 1 atom stereocenters. The van der Waals surface area contributed by atoms with E-state index in [-0.39, 0.29) is 11.8 Å². The van der Waals surface area contributed by atoms with Crippen molar-refractivity contribution >= 4 is 34.4 Å². The van der Waals surface area contributed by atoms with Crippen molar-refractivity contribution in [1.82, 2.24) is 14.8 Å². The average Bonchev–Trinajstić information content (AvgIpc) is 3.17. The second-order valence-electron chi connectivity index (χ2n) is 7.61. The number of carbonyl (C=O) groups is 3. The fraction of sp³-hybridized carbons (Fsp3) is 0.261. The quantitative estimate of drug-likeness (QED) is 0.589. The van der Waals surface area contributed by atoms with E-state index in [0.29, 0.717) is 43.0 Å². The molecule has 3 aromatic rings. The smallest absolute Gasteiger partial charge is 0.325 e. The van der Waals surface area contributed by atoms with E-state index in [1.807, 2.05) is 17.0 Å². The number of anilines is 1. The van der Waals surface area contributed by atoms with Crippen LogP contribution in [0.3, 0.4) is 0 Å². The van der Waals surface area contributed by atoms with Crippen molar-refractivity contribution in [1.29, 1.82) is 0 Å². The van der Waals surface area contributed by atoms with Gasteiger partial charge in [0, 0.05) is 67.0 Å². The van der Waals surface area contributed by atoms with E-state index in [0.717, 1.165) is 10.9 Å². The molecular formula is C23H24N4O4. The highest BCUT2D eigenvalue weighted by molar-refractivity contribution is 6.05. The number of nitrogens with one attached hydrogen (secondary N) is 2. The number of H-pyrrole nitrogens is 1. The molecule has 0 saturated carbocycles. The summed E-state index contributed by atoms with van der Waals surface area (Å²) in [5, 5.41) is 13.6. The van der Waals surface area contributed by atoms with Gasteiger partial charge in [0.05, 0.1) is 0 Å². The van der Waals surface area contributed by atoms with Crippen molar-refractivity contribution < 1.29 is 19.5 Å². The Balaban J connectivity index is 1.60. The SMILES string of the molecule is CC(=O)N1CCN([C@@H](C(=O)O)c2c[nH]c3ccc(NC(=O)c4ccccc4)cc23)CC1. The van der Waals surface area contributed by atoms with Crippen molar-refractivity contribution in [3.8, 4) is 0 Å². The molecule has 1 fully saturated rings. The van der Waals surface area contributed by atoms with E-state index in [1.165, 1.54) is 6.92 Å². The molecule has 0 aliphatic carbocycles. The molecule has 1 aromatic heterocycles. The second-order valence-corrected chi connectivity index (χ2v) is 7.61. The van der Waals surface area contributed by atoms with Crippen molar-refractivity contribution in [3.05, 3.63) is 65.9 Å². The number of carboxylic acids is 1. The lowest BCUT2D eigenvalue weighted by Gasteiger charge is -2.37. The summed E-state index contributed by atoms with van der Waals surface area (Å²) < 4.78 is 0. The van der Waals surface area contributed by atoms with Crippen LogP contribution < -0.4 is 5.32 Å². The standard InChI is InChI=1S/C23H24N4O4/c1-15(28)26-9-11-27(12-10-26)21(23(30)31)19-14-24-20-8-7-17(13-18(19)20)25-22(29)16-5-3-2-4-6-16/h2-8,13-14,21,24H,9-12H2,1H3,(H,25,29)(H,30,31)/t21-/m1/s1. The molecule has 0 radical (unpaired) electrons. The zero-order valence-corrected chi connectivity index (χ0v) is 17.2. The molecular weight excluding hydrogens is 396 g/mol. The second kappa shape index (κ2) is 8.61. The number of benzene rings is 2. The molecule has 1 saturated heterocycles. The summed E-state index contributed by atoms with van der Waals surface area (Å²) >= 11 is 0. The van der Waals surface area contributed by atoms with Crippen molar-refractivity contribution in [3.63, 3.8) is 0 Å². The molecule has 1 aliphatic rings. The first-order valence-corrected chi connectivity index (χ1v) is 10.1. The van der Waals surface area contributed by atoms with Crippen molar-refractivity contribution in [2.45, 2.75) is 13.0 Å². The molecule has 2 heterocycles. The molecule has 3 N–H and O–H groups in total. The fourth-order valence-corrected chi connectivity index (χ4v) is 4.02. The van der Waals surface area contributed by atoms with E-state index in [2.05, 4.69) is 10.3 Å². The number of rotatable bonds is 5. The van der Waals surface area contributed by atoms with Crippen molar-refractivity contribution in [2.75, 3.05) is 31.5 Å². The van der Waals surface area contributed by atoms with Gasteiger partial charge in [0.2, 0.25) is 5.91 Å². The number of carboxylic acid groups (broad SMARTS) is 1. The van der Waals surface area contributed by atoms with Gasteiger partial charge in [-0.1, -0.05) is 18.2 Å². The number of aromatic nitrogens is 1. The van der Waals surface area contributed by atoms with Gasteiger partial charge in [-0.25, -0.2) is 0 Å². The molecule has 31 heavy (non-hydrogen) atoms. The van der Waals surface area contributed by atoms with Gasteiger partial charge in [-0.2, -0.15) is 0 Å². The highest BCUT2D eigenvalue weighted by Gasteiger charge is 2.32. The zero-order valence-electron chi connectivity index (χ0n) is 17.2. The third-order valence-corrected chi connectivity index (χ3v) is 5.66. The number of hydrogen-bond acceptors (Lipinski definition) is 4. The maximum Gasteiger partial charge on any atom is 0.325 e. The Morgan fingerprint density at radius 3 is 2.39 bits per heavy atom. The lowest BCUT2D eigenvalue weighted by atomic mass is 10.0. The van der Waals surface area contributed by atoms with Crippen LogP contribution in [0.5, 0.6) is 0 Å². The fourth-order valence-electron chi connectivity index (χ4n) is 4.02. The number of nitrogens with zero attached hydrogens (tertiary/aromatic N) is 2. The number of aromatic amines is 1. The lowest BCUT2D eigenvalue weighted by molar-refractivity contribution is -0.144. The summed E-state index contributed by atoms with van der Waals surface area (Å²) in [6, 6.07) is 13.5. The normalized spacial score (nSPS) is 15.6. The minimum absolute atomic E-state index is 0.00239. The Kier molecular flexibility index (Phi) is 5.73. The Morgan fingerprint density at radius 1 is 1.03 bits per heavy atom. The van der Waals surface area contributed by atoms with Crippen LogP contribution in [0.2, 0.25) is 0 Å². The Bertz CT molecular complexity index is 1120. The molecule has 0 spiro atoms. The maximum atomic E-state index is 12.5. The van der Waals surface area contributed by atoms with Gasteiger partial charge in [-0.15, -0.1) is 0 Å². The van der Waals surface area contributed by atoms with Gasteiger partial charge in [0.15, 0.2) is 0 Å². The first kappa shape index (κ1) is 20.6. The van der Waals surface area contributed by atoms with Crippen LogP contribution in [-0.4, -0.2) is 63.9 Å². The summed E-state index contributed by atoms with van der Waals surface area (Å²) in [6.07, 6.45) is 1.71. The van der Waals surface area contributed by atoms with E-state index in [4.69, 9.17) is 0 Å². The van der Waals surface area contributed by atoms with Gasteiger partial charge >= 0.3 is 5.97 Å². The number of fused-ring (bicyclic) bond motifs is 1. The number of amides is 2. The number of aliphatic carboxylic acids is 1. The van der Waals surface area contributed by atoms with E-state index >= 15 is 0 Å². The van der Waals surface area contributed by atoms with Gasteiger partial charge < -0.3 is 20.3 Å². The summed E-state index contributed by atoms with van der Waals surface area (Å²) in [5.41, 5.74) is 2.56. The Hall–Kier alpha value is -3.65. The summed E-state index contributed by atoms with van der Waals surface area (Å²) in [5.74, 6) is -1.18. The summed E-state index contributed by atoms with van der Waals surface area (Å²) in [6.45, 7) is 3.48. The first-order chi connectivity index (χ1) is 14.9. The molecule has 0 unspecified atom stereocenters. The zero-order chi connectivity index (χ0) is 22.0. The van der Waals surface area contributed by atoms with Gasteiger partial charge in [0.1, 0.15) is 6.04 Å². The minimum Gasteiger partial charge on any atom is -0.480 e. The molecule has 2 aromatic carbocycles. The molecule has 1 aliphatic heterocycles. The van der Waals surface area contributed by atoms with Crippen LogP contribution in [0.25, 0.3) is 10.9 Å². The van der Waals surface area contributed by atoms with Crippen molar-refractivity contribution in [2.24, 2.45) is 0 Å². The van der Waals surface area contributed by atoms with E-state index in [1.54, 1.807) is 47.5 Å². The first-order valence-electron chi connectivity index (χ1n) is 10.1. The molecule has 160 valence electrons. The third-order valence-electron chi connectivity index (χ3n) is 5.66. The van der Waals surface area contributed by atoms with Crippen LogP contribution in [0.15, 0.2) is 54.7 Å². The molecule has 8 heteroatoms. The highest BCUT2D eigenvalue weighted by Crippen LogP contribution is 2.31. The summed E-state index contributed by atoms with van der Waals surface area (Å²) in [4.78, 5) is 43.0. The predicted octanol–water partition coefficient (Wildman–Crippen LogP) is 2.71. The van der Waals surface area contributed by atoms with Gasteiger partial charge in [0.25, 0.3) is 5.91 Å². The van der Waals surface area contributed by atoms with Crippen LogP contribution in [0.1, 0.15) is 28.9 Å². The molecule has 0 bridgehead atoms. The molecule has 2 amide bonds. The summed E-state index contributed by atoms with van der Waals surface area (Å²) in [7, 11) is 0. The van der Waals surface area contributed by atoms with Crippen LogP contribution in [0, 0.1) is 0 Å². The third kappa shape index (κ3) is 4.29. The Labute approximate surface area is 179 Å². The maximum absolute atomic E-state index is 12.5. The van der Waals surface area contributed by atoms with Crippen LogP contribution >= 0.6 is 0 Å². The molecule has 4 rings (SSSR count). The van der Waals surface area contributed by atoms with E-state index < -0.39 is 12.0 Å². The van der Waals surface area contributed by atoms with Crippen LogP contribution in [0.4, 0.5) is 5.69 Å². The van der Waals surface area contributed by atoms with E-state index in [9.17, 15) is 19.5 Å². The van der Waals surface area contributed by atoms with Gasteiger partial charge in [-0.05, 0) is 30.3 Å². The minimum atomic E-state index is -0.948. The van der Waals surface area contributed by atoms with Crippen LogP contribution in [-0.2, 0) is 9.59 Å². The lowest BCUT2D eigenvalue weighted by Crippen LogP contribution is -2.50. The Morgan fingerprint density at radius 2 is 1.74 bits per heavy atom. The number of carbonyl (C=O) groups excluding carboxylic acids is 2. The monoisotopic (exact) mass is 420 g/mol. The average molecular weight is 420 g/mol.